The van der Waals surface area contributed by atoms with Crippen LogP contribution >= 0.6 is 0 Å². The van der Waals surface area contributed by atoms with Crippen LogP contribution in [0.4, 0.5) is 0 Å². The average Bonchev–Trinajstić information content (AvgIpc) is 2.27. The Kier molecular flexibility index (Phi) is 5.03. The van der Waals surface area contributed by atoms with E-state index in [9.17, 15) is 4.79 Å². The Labute approximate surface area is 97.6 Å². The molecule has 0 saturated heterocycles. The fourth-order valence-corrected chi connectivity index (χ4v) is 1.63. The van der Waals surface area contributed by atoms with Gasteiger partial charge in [-0.1, -0.05) is 36.8 Å². The molecule has 1 unspecified atom stereocenters. The monoisotopic (exact) mass is 220 g/mol. The molecule has 16 heavy (non-hydrogen) atoms. The van der Waals surface area contributed by atoms with E-state index in [-0.39, 0.29) is 5.97 Å². The molecule has 0 saturated carbocycles. The summed E-state index contributed by atoms with van der Waals surface area (Å²) in [5.74, 6) is 0.312. The third-order valence-electron chi connectivity index (χ3n) is 2.73. The number of ether oxygens (including phenoxy) is 1. The predicted octanol–water partition coefficient (Wildman–Crippen LogP) is 3.44. The lowest BCUT2D eigenvalue weighted by atomic mass is 9.95. The molecule has 1 atom stereocenters. The van der Waals surface area contributed by atoms with Crippen LogP contribution in [0.2, 0.25) is 0 Å². The van der Waals surface area contributed by atoms with Crippen molar-refractivity contribution in [3.63, 3.8) is 0 Å². The second-order valence-electron chi connectivity index (χ2n) is 4.16. The third-order valence-corrected chi connectivity index (χ3v) is 2.73. The van der Waals surface area contributed by atoms with E-state index in [4.69, 9.17) is 4.74 Å². The zero-order valence-corrected chi connectivity index (χ0v) is 10.3. The molecule has 0 spiro atoms. The summed E-state index contributed by atoms with van der Waals surface area (Å²) in [6, 6.07) is 8.47. The van der Waals surface area contributed by atoms with Crippen molar-refractivity contribution in [3.8, 4) is 0 Å². The maximum Gasteiger partial charge on any atom is 0.305 e. The van der Waals surface area contributed by atoms with E-state index in [1.165, 1.54) is 11.1 Å². The SMILES string of the molecule is CCOC(=O)CCC(C)c1ccc(C)cc1. The largest absolute Gasteiger partial charge is 0.466 e. The number of hydrogen-bond donors (Lipinski definition) is 0. The van der Waals surface area contributed by atoms with Crippen molar-refractivity contribution in [2.45, 2.75) is 39.5 Å². The van der Waals surface area contributed by atoms with E-state index in [1.54, 1.807) is 0 Å². The summed E-state index contributed by atoms with van der Waals surface area (Å²) in [4.78, 5) is 11.2. The van der Waals surface area contributed by atoms with Gasteiger partial charge in [0.05, 0.1) is 6.61 Å². The molecule has 0 heterocycles. The molecule has 0 aliphatic heterocycles. The summed E-state index contributed by atoms with van der Waals surface area (Å²) >= 11 is 0. The van der Waals surface area contributed by atoms with Gasteiger partial charge >= 0.3 is 5.97 Å². The van der Waals surface area contributed by atoms with Gasteiger partial charge in [0.2, 0.25) is 0 Å². The molecule has 0 aliphatic carbocycles. The van der Waals surface area contributed by atoms with Crippen LogP contribution in [0.5, 0.6) is 0 Å². The maximum absolute atomic E-state index is 11.2. The van der Waals surface area contributed by atoms with Crippen LogP contribution in [0, 0.1) is 6.92 Å². The van der Waals surface area contributed by atoms with E-state index < -0.39 is 0 Å². The molecule has 2 nitrogen and oxygen atoms in total. The number of aryl methyl sites for hydroxylation is 1. The molecule has 1 aromatic rings. The highest BCUT2D eigenvalue weighted by atomic mass is 16.5. The van der Waals surface area contributed by atoms with E-state index >= 15 is 0 Å². The Morgan fingerprint density at radius 3 is 2.50 bits per heavy atom. The van der Waals surface area contributed by atoms with Gasteiger partial charge in [0.1, 0.15) is 0 Å². The number of carbonyl (C=O) groups excluding carboxylic acids is 1. The molecule has 0 aromatic heterocycles. The first-order valence-electron chi connectivity index (χ1n) is 5.85. The minimum Gasteiger partial charge on any atom is -0.466 e. The molecule has 0 bridgehead atoms. The first-order chi connectivity index (χ1) is 7.63. The van der Waals surface area contributed by atoms with Gasteiger partial charge in [-0.15, -0.1) is 0 Å². The van der Waals surface area contributed by atoms with E-state index in [0.29, 0.717) is 18.9 Å². The lowest BCUT2D eigenvalue weighted by Gasteiger charge is -2.11. The first-order valence-corrected chi connectivity index (χ1v) is 5.85. The van der Waals surface area contributed by atoms with Crippen molar-refractivity contribution in [2.24, 2.45) is 0 Å². The highest BCUT2D eigenvalue weighted by molar-refractivity contribution is 5.69. The Balaban J connectivity index is 2.43. The van der Waals surface area contributed by atoms with Crippen LogP contribution in [-0.4, -0.2) is 12.6 Å². The van der Waals surface area contributed by atoms with Gasteiger partial charge in [0.25, 0.3) is 0 Å². The molecule has 0 aliphatic rings. The minimum atomic E-state index is -0.0959. The summed E-state index contributed by atoms with van der Waals surface area (Å²) in [5, 5.41) is 0. The van der Waals surface area contributed by atoms with E-state index in [0.717, 1.165) is 6.42 Å². The van der Waals surface area contributed by atoms with Crippen LogP contribution in [0.3, 0.4) is 0 Å². The van der Waals surface area contributed by atoms with Crippen LogP contribution < -0.4 is 0 Å². The number of benzene rings is 1. The van der Waals surface area contributed by atoms with E-state index in [1.807, 2.05) is 6.92 Å². The molecule has 2 heteroatoms. The molecule has 88 valence electrons. The van der Waals surface area contributed by atoms with Gasteiger partial charge in [-0.05, 0) is 31.7 Å². The second-order valence-corrected chi connectivity index (χ2v) is 4.16. The molecule has 0 N–H and O–H groups in total. The fraction of sp³-hybridized carbons (Fsp3) is 0.500. The van der Waals surface area contributed by atoms with Crippen molar-refractivity contribution in [1.82, 2.24) is 0 Å². The van der Waals surface area contributed by atoms with Crippen LogP contribution in [0.15, 0.2) is 24.3 Å². The number of hydrogen-bond acceptors (Lipinski definition) is 2. The van der Waals surface area contributed by atoms with Gasteiger partial charge < -0.3 is 4.74 Å². The molecular formula is C14H20O2. The van der Waals surface area contributed by atoms with Crippen LogP contribution in [0.25, 0.3) is 0 Å². The van der Waals surface area contributed by atoms with Crippen molar-refractivity contribution in [1.29, 1.82) is 0 Å². The quantitative estimate of drug-likeness (QED) is 0.710. The molecule has 0 fully saturated rings. The van der Waals surface area contributed by atoms with Crippen molar-refractivity contribution in [2.75, 3.05) is 6.61 Å². The first kappa shape index (κ1) is 12.8. The number of carbonyl (C=O) groups is 1. The van der Waals surface area contributed by atoms with Crippen molar-refractivity contribution >= 4 is 5.97 Å². The maximum atomic E-state index is 11.2. The highest BCUT2D eigenvalue weighted by Crippen LogP contribution is 2.21. The van der Waals surface area contributed by atoms with Gasteiger partial charge in [-0.2, -0.15) is 0 Å². The summed E-state index contributed by atoms with van der Waals surface area (Å²) in [7, 11) is 0. The van der Waals surface area contributed by atoms with Gasteiger partial charge in [0.15, 0.2) is 0 Å². The Morgan fingerprint density at radius 1 is 1.31 bits per heavy atom. The molecule has 0 radical (unpaired) electrons. The second kappa shape index (κ2) is 6.31. The molecule has 1 rings (SSSR count). The minimum absolute atomic E-state index is 0.0959. The van der Waals surface area contributed by atoms with Crippen molar-refractivity contribution < 1.29 is 9.53 Å². The van der Waals surface area contributed by atoms with E-state index in [2.05, 4.69) is 38.1 Å². The molecule has 1 aromatic carbocycles. The van der Waals surface area contributed by atoms with Gasteiger partial charge in [-0.25, -0.2) is 0 Å². The molecule has 0 amide bonds. The summed E-state index contributed by atoms with van der Waals surface area (Å²) in [5.41, 5.74) is 2.55. The Bertz CT molecular complexity index is 327. The lowest BCUT2D eigenvalue weighted by molar-refractivity contribution is -0.143. The summed E-state index contributed by atoms with van der Waals surface area (Å²) < 4.78 is 4.91. The highest BCUT2D eigenvalue weighted by Gasteiger charge is 2.08. The standard InChI is InChI=1S/C14H20O2/c1-4-16-14(15)10-7-12(3)13-8-5-11(2)6-9-13/h5-6,8-9,12H,4,7,10H2,1-3H3. The topological polar surface area (TPSA) is 26.3 Å². The normalized spacial score (nSPS) is 12.2. The lowest BCUT2D eigenvalue weighted by Crippen LogP contribution is -2.05. The summed E-state index contributed by atoms with van der Waals surface area (Å²) in [6.45, 7) is 6.52. The predicted molar refractivity (Wildman–Crippen MR) is 65.5 cm³/mol. The zero-order chi connectivity index (χ0) is 12.0. The average molecular weight is 220 g/mol. The zero-order valence-electron chi connectivity index (χ0n) is 10.3. The van der Waals surface area contributed by atoms with Gasteiger partial charge in [0, 0.05) is 6.42 Å². The van der Waals surface area contributed by atoms with Crippen molar-refractivity contribution in [3.05, 3.63) is 35.4 Å². The number of esters is 1. The number of rotatable bonds is 5. The Hall–Kier alpha value is -1.31. The van der Waals surface area contributed by atoms with Gasteiger partial charge in [-0.3, -0.25) is 4.79 Å². The van der Waals surface area contributed by atoms with Crippen LogP contribution in [-0.2, 0) is 9.53 Å². The summed E-state index contributed by atoms with van der Waals surface area (Å²) in [6.07, 6.45) is 1.35. The Morgan fingerprint density at radius 2 is 1.94 bits per heavy atom. The molecular weight excluding hydrogens is 200 g/mol. The smallest absolute Gasteiger partial charge is 0.305 e. The third kappa shape index (κ3) is 4.05. The van der Waals surface area contributed by atoms with Crippen LogP contribution in [0.1, 0.15) is 43.7 Å². The fourth-order valence-electron chi connectivity index (χ4n) is 1.63.